The normalized spacial score (nSPS) is 17.4. The quantitative estimate of drug-likeness (QED) is 0.0813. The number of aliphatic carboxylic acids is 1. The monoisotopic (exact) mass is 763 g/mol. The number of alkyl halides is 1. The average Bonchev–Trinajstić information content (AvgIpc) is 3.91. The van der Waals surface area contributed by atoms with Gasteiger partial charge < -0.3 is 29.0 Å². The van der Waals surface area contributed by atoms with Crippen molar-refractivity contribution < 1.29 is 37.1 Å². The summed E-state index contributed by atoms with van der Waals surface area (Å²) >= 11 is 1.02. The summed E-state index contributed by atoms with van der Waals surface area (Å²) < 4.78 is 59.6. The Morgan fingerprint density at radius 3 is 2.56 bits per heavy atom. The van der Waals surface area contributed by atoms with E-state index in [0.29, 0.717) is 37.2 Å². The van der Waals surface area contributed by atoms with E-state index in [0.717, 1.165) is 61.2 Å². The second-order valence-electron chi connectivity index (χ2n) is 13.8. The number of carbonyl (C=O) groups is 2. The third-order valence-electron chi connectivity index (χ3n) is 9.81. The molecule has 12 nitrogen and oxygen atoms in total. The first-order valence-corrected chi connectivity index (χ1v) is 18.5. The number of hydrogen-bond donors (Lipinski definition) is 3. The molecule has 1 unspecified atom stereocenters. The highest BCUT2D eigenvalue weighted by Gasteiger charge is 2.29. The zero-order valence-corrected chi connectivity index (χ0v) is 30.5. The molecule has 2 saturated heterocycles. The minimum Gasteiger partial charge on any atom is -0.481 e. The molecule has 2 atom stereocenters. The van der Waals surface area contributed by atoms with Crippen LogP contribution in [0.4, 0.5) is 24.5 Å². The van der Waals surface area contributed by atoms with Gasteiger partial charge in [-0.1, -0.05) is 26.0 Å². The van der Waals surface area contributed by atoms with Crippen LogP contribution < -0.4 is 14.4 Å². The van der Waals surface area contributed by atoms with Gasteiger partial charge in [0.1, 0.15) is 30.2 Å². The lowest BCUT2D eigenvalue weighted by molar-refractivity contribution is -0.140. The molecular formula is C38H40F3N7O5S. The Bertz CT molecular complexity index is 2120. The second kappa shape index (κ2) is 16.1. The maximum absolute atomic E-state index is 15.6. The van der Waals surface area contributed by atoms with Gasteiger partial charge in [-0.15, -0.1) is 0 Å². The summed E-state index contributed by atoms with van der Waals surface area (Å²) in [6.07, 6.45) is 2.52. The van der Waals surface area contributed by atoms with Crippen LogP contribution in [0.2, 0.25) is 0 Å². The van der Waals surface area contributed by atoms with Gasteiger partial charge in [-0.3, -0.25) is 14.5 Å². The summed E-state index contributed by atoms with van der Waals surface area (Å²) in [5, 5.41) is 13.8. The molecule has 0 saturated carbocycles. The Balaban J connectivity index is 0.958. The number of ketones is 1. The van der Waals surface area contributed by atoms with E-state index in [9.17, 15) is 23.5 Å². The zero-order chi connectivity index (χ0) is 37.9. The van der Waals surface area contributed by atoms with Gasteiger partial charge in [-0.05, 0) is 53.4 Å². The Kier molecular flexibility index (Phi) is 11.1. The van der Waals surface area contributed by atoms with Crippen LogP contribution in [-0.4, -0.2) is 99.8 Å². The van der Waals surface area contributed by atoms with Crippen molar-refractivity contribution in [2.45, 2.75) is 32.4 Å². The maximum atomic E-state index is 15.6. The van der Waals surface area contributed by atoms with Crippen molar-refractivity contribution in [2.24, 2.45) is 5.92 Å². The molecule has 2 aliphatic rings. The number of aromatic nitrogens is 3. The number of pyridine rings is 1. The summed E-state index contributed by atoms with van der Waals surface area (Å²) in [5.74, 6) is -4.17. The van der Waals surface area contributed by atoms with Crippen LogP contribution in [0.25, 0.3) is 22.2 Å². The first kappa shape index (κ1) is 37.3. The number of aromatic amines is 1. The highest BCUT2D eigenvalue weighted by molar-refractivity contribution is 7.98. The summed E-state index contributed by atoms with van der Waals surface area (Å²) in [7, 11) is 0. The molecule has 0 radical (unpaired) electrons. The SMILES string of the molecule is CC(C)C(C(=O)O)c1cc(OCCN2CCN(c3ccc(-c4cnc5[nH]cc(C(=O)c6c(F)ccc(NSN7CC[C@@H](F)C7)c6F)c5c4)cc3)CC2)no1. The van der Waals surface area contributed by atoms with Crippen molar-refractivity contribution >= 4 is 46.3 Å². The van der Waals surface area contributed by atoms with Crippen LogP contribution in [0, 0.1) is 17.6 Å². The minimum atomic E-state index is -1.02. The number of carboxylic acids is 1. The third-order valence-corrected chi connectivity index (χ3v) is 10.7. The molecular weight excluding hydrogens is 724 g/mol. The zero-order valence-electron chi connectivity index (χ0n) is 29.7. The molecule has 284 valence electrons. The van der Waals surface area contributed by atoms with Gasteiger partial charge >= 0.3 is 5.97 Å². The number of anilines is 2. The summed E-state index contributed by atoms with van der Waals surface area (Å²) in [6.45, 7) is 8.65. The lowest BCUT2D eigenvalue weighted by Gasteiger charge is -2.36. The van der Waals surface area contributed by atoms with Crippen molar-refractivity contribution in [2.75, 3.05) is 62.0 Å². The molecule has 5 heterocycles. The van der Waals surface area contributed by atoms with E-state index in [1.165, 1.54) is 12.3 Å². The van der Waals surface area contributed by atoms with Crippen LogP contribution in [0.1, 0.15) is 47.9 Å². The topological polar surface area (TPSA) is 140 Å². The van der Waals surface area contributed by atoms with Gasteiger partial charge in [-0.25, -0.2) is 22.5 Å². The maximum Gasteiger partial charge on any atom is 0.314 e. The number of nitrogens with zero attached hydrogens (tertiary/aromatic N) is 5. The van der Waals surface area contributed by atoms with Crippen molar-refractivity contribution in [1.29, 1.82) is 0 Å². The number of halogens is 3. The van der Waals surface area contributed by atoms with E-state index in [-0.39, 0.29) is 35.4 Å². The van der Waals surface area contributed by atoms with Gasteiger partial charge in [0, 0.05) is 98.6 Å². The standard InChI is InChI=1S/C38H40F3N7O5S/c1-22(2)33(38(50)51)31-18-32(44-53-31)52-16-15-46-11-13-47(14-12-46)26-5-3-23(4-6-26)24-17-27-28(20-43-37(27)42-19-24)36(49)34-29(40)7-8-30(35(34)41)45-54-48-10-9-25(39)21-48/h3-8,17-20,22,25,33,45H,9-16,21H2,1-2H3,(H,42,43)(H,50,51)/t25-,33?/m1/s1. The van der Waals surface area contributed by atoms with Gasteiger partial charge in [0.05, 0.1) is 11.3 Å². The van der Waals surface area contributed by atoms with Gasteiger partial charge in [0.15, 0.2) is 11.6 Å². The number of hydrogen-bond acceptors (Lipinski definition) is 11. The fourth-order valence-corrected chi connectivity index (χ4v) is 7.62. The Labute approximate surface area is 313 Å². The Morgan fingerprint density at radius 1 is 1.07 bits per heavy atom. The number of ether oxygens (including phenoxy) is 1. The van der Waals surface area contributed by atoms with E-state index in [4.69, 9.17) is 9.26 Å². The predicted molar refractivity (Wildman–Crippen MR) is 199 cm³/mol. The number of H-pyrrole nitrogens is 1. The van der Waals surface area contributed by atoms with Crippen molar-refractivity contribution in [3.63, 3.8) is 0 Å². The lowest BCUT2D eigenvalue weighted by Crippen LogP contribution is -2.47. The van der Waals surface area contributed by atoms with E-state index in [1.54, 1.807) is 22.6 Å². The molecule has 7 rings (SSSR count). The van der Waals surface area contributed by atoms with Crippen LogP contribution in [0.15, 0.2) is 65.4 Å². The molecule has 5 aromatic rings. The fraction of sp³-hybridized carbons (Fsp3) is 0.368. The molecule has 0 bridgehead atoms. The number of carboxylic acid groups (broad SMARTS) is 1. The third kappa shape index (κ3) is 8.05. The number of carbonyl (C=O) groups excluding carboxylic acids is 1. The largest absolute Gasteiger partial charge is 0.481 e. The van der Waals surface area contributed by atoms with E-state index >= 15 is 4.39 Å². The molecule has 0 aliphatic carbocycles. The highest BCUT2D eigenvalue weighted by Crippen LogP contribution is 2.32. The van der Waals surface area contributed by atoms with Crippen molar-refractivity contribution in [1.82, 2.24) is 24.3 Å². The summed E-state index contributed by atoms with van der Waals surface area (Å²) in [4.78, 5) is 37.2. The number of piperazine rings is 1. The van der Waals surface area contributed by atoms with Crippen molar-refractivity contribution in [3.8, 4) is 17.0 Å². The number of rotatable bonds is 14. The average molecular weight is 764 g/mol. The summed E-state index contributed by atoms with van der Waals surface area (Å²) in [5.41, 5.74) is 2.39. The number of benzene rings is 2. The minimum absolute atomic E-state index is 0.0710. The Hall–Kier alpha value is -5.06. The highest BCUT2D eigenvalue weighted by atomic mass is 32.2. The van der Waals surface area contributed by atoms with Crippen LogP contribution >= 0.6 is 12.1 Å². The Morgan fingerprint density at radius 2 is 1.85 bits per heavy atom. The molecule has 16 heteroatoms. The molecule has 2 aliphatic heterocycles. The van der Waals surface area contributed by atoms with Crippen LogP contribution in [0.5, 0.6) is 5.88 Å². The van der Waals surface area contributed by atoms with E-state index in [2.05, 4.69) is 29.6 Å². The van der Waals surface area contributed by atoms with E-state index in [1.807, 2.05) is 38.1 Å². The van der Waals surface area contributed by atoms with Gasteiger partial charge in [0.25, 0.3) is 5.88 Å². The van der Waals surface area contributed by atoms with Crippen molar-refractivity contribution in [3.05, 3.63) is 89.4 Å². The van der Waals surface area contributed by atoms with Gasteiger partial charge in [0.2, 0.25) is 5.78 Å². The number of fused-ring (bicyclic) bond motifs is 1. The van der Waals surface area contributed by atoms with E-state index < -0.39 is 41.0 Å². The first-order valence-electron chi connectivity index (χ1n) is 17.8. The second-order valence-corrected chi connectivity index (χ2v) is 14.7. The first-order chi connectivity index (χ1) is 26.0. The molecule has 54 heavy (non-hydrogen) atoms. The van der Waals surface area contributed by atoms with Crippen LogP contribution in [0.3, 0.4) is 0 Å². The smallest absolute Gasteiger partial charge is 0.314 e. The molecule has 3 aromatic heterocycles. The summed E-state index contributed by atoms with van der Waals surface area (Å²) in [6, 6.07) is 13.6. The van der Waals surface area contributed by atoms with Crippen LogP contribution in [-0.2, 0) is 4.79 Å². The lowest BCUT2D eigenvalue weighted by atomic mass is 9.94. The molecule has 0 amide bonds. The molecule has 2 fully saturated rings. The predicted octanol–water partition coefficient (Wildman–Crippen LogP) is 6.77. The fourth-order valence-electron chi connectivity index (χ4n) is 6.80. The molecule has 3 N–H and O–H groups in total. The number of nitrogens with one attached hydrogen (secondary N) is 2. The van der Waals surface area contributed by atoms with Gasteiger partial charge in [-0.2, -0.15) is 0 Å². The molecule has 2 aromatic carbocycles. The molecule has 0 spiro atoms.